The number of carboxylic acid groups (broad SMARTS) is 2. The molecule has 0 saturated carbocycles. The predicted octanol–water partition coefficient (Wildman–Crippen LogP) is 3.59. The second-order valence-electron chi connectivity index (χ2n) is 7.39. The Balaban J connectivity index is 0.000000440. The topological polar surface area (TPSA) is 116 Å². The first-order chi connectivity index (χ1) is 16.4. The largest absolute Gasteiger partial charge is 0.492 e. The van der Waals surface area contributed by atoms with Crippen LogP contribution in [0, 0.1) is 6.92 Å². The van der Waals surface area contributed by atoms with Crippen LogP contribution in [-0.2, 0) is 14.4 Å². The third-order valence-corrected chi connectivity index (χ3v) is 5.81. The Labute approximate surface area is 203 Å². The van der Waals surface area contributed by atoms with Gasteiger partial charge in [-0.3, -0.25) is 4.79 Å². The number of carbonyl (C=O) groups is 3. The van der Waals surface area contributed by atoms with Crippen LogP contribution in [0.5, 0.6) is 5.75 Å². The summed E-state index contributed by atoms with van der Waals surface area (Å²) in [5.74, 6) is -0.372. The quantitative estimate of drug-likeness (QED) is 0.364. The number of anilines is 1. The van der Waals surface area contributed by atoms with Gasteiger partial charge in [-0.05, 0) is 48.9 Å². The lowest BCUT2D eigenvalue weighted by Gasteiger charge is -2.22. The first-order valence-corrected chi connectivity index (χ1v) is 11.9. The predicted molar refractivity (Wildman–Crippen MR) is 133 cm³/mol. The fourth-order valence-corrected chi connectivity index (χ4v) is 4.12. The van der Waals surface area contributed by atoms with Crippen molar-refractivity contribution in [2.75, 3.05) is 36.9 Å². The molecule has 0 atom stereocenters. The molecule has 0 spiro atoms. The van der Waals surface area contributed by atoms with Crippen molar-refractivity contribution < 1.29 is 29.3 Å². The summed E-state index contributed by atoms with van der Waals surface area (Å²) >= 11 is 1.84. The van der Waals surface area contributed by atoms with Crippen molar-refractivity contribution in [1.82, 2.24) is 5.32 Å². The summed E-state index contributed by atoms with van der Waals surface area (Å²) < 4.78 is 5.71. The van der Waals surface area contributed by atoms with Gasteiger partial charge in [0.05, 0.1) is 5.69 Å². The molecule has 0 aliphatic carbocycles. The van der Waals surface area contributed by atoms with Crippen molar-refractivity contribution in [2.45, 2.75) is 24.7 Å². The first-order valence-electron chi connectivity index (χ1n) is 10.9. The van der Waals surface area contributed by atoms with Crippen LogP contribution in [0.25, 0.3) is 0 Å². The van der Waals surface area contributed by atoms with Crippen LogP contribution < -0.4 is 15.0 Å². The van der Waals surface area contributed by atoms with Gasteiger partial charge in [-0.2, -0.15) is 0 Å². The standard InChI is InChI=1S/C21H26N2O2S.C4H4O4/c1-17-6-4-7-18(16-17)25-14-12-22-11-10-21(24)23-13-5-15-26-20-9-3-2-8-19(20)23;5-3(6)1-2-4(7)8/h2-4,6-9,16,22H,5,10-15H2,1H3;1-2H,(H,5,6)(H,7,8)/b;2-1+. The van der Waals surface area contributed by atoms with E-state index in [1.54, 1.807) is 0 Å². The van der Waals surface area contributed by atoms with Gasteiger partial charge >= 0.3 is 11.9 Å². The first kappa shape index (κ1) is 26.9. The van der Waals surface area contributed by atoms with Crippen molar-refractivity contribution in [3.8, 4) is 5.75 Å². The molecule has 0 radical (unpaired) electrons. The SMILES string of the molecule is Cc1cccc(OCCNCCC(=O)N2CCCSc3ccccc32)c1.O=C(O)/C=C/C(=O)O. The molecule has 1 aliphatic rings. The van der Waals surface area contributed by atoms with Gasteiger partial charge in [0.15, 0.2) is 0 Å². The Hall–Kier alpha value is -3.30. The highest BCUT2D eigenvalue weighted by Crippen LogP contribution is 2.33. The van der Waals surface area contributed by atoms with Crippen LogP contribution in [-0.4, -0.2) is 60.1 Å². The van der Waals surface area contributed by atoms with Gasteiger partial charge < -0.3 is 25.2 Å². The smallest absolute Gasteiger partial charge is 0.328 e. The van der Waals surface area contributed by atoms with Crippen molar-refractivity contribution in [3.63, 3.8) is 0 Å². The summed E-state index contributed by atoms with van der Waals surface area (Å²) in [6.45, 7) is 4.85. The highest BCUT2D eigenvalue weighted by atomic mass is 32.2. The molecule has 0 saturated heterocycles. The number of thioether (sulfide) groups is 1. The summed E-state index contributed by atoms with van der Waals surface area (Å²) in [5, 5.41) is 18.9. The van der Waals surface area contributed by atoms with Crippen LogP contribution in [0.3, 0.4) is 0 Å². The fourth-order valence-electron chi connectivity index (χ4n) is 3.13. The van der Waals surface area contributed by atoms with Crippen LogP contribution in [0.1, 0.15) is 18.4 Å². The minimum absolute atomic E-state index is 0.187. The number of carbonyl (C=O) groups excluding carboxylic acids is 1. The molecule has 1 heterocycles. The number of rotatable bonds is 9. The molecule has 0 fully saturated rings. The van der Waals surface area contributed by atoms with Crippen LogP contribution in [0.4, 0.5) is 5.69 Å². The second-order valence-corrected chi connectivity index (χ2v) is 8.53. The average Bonchev–Trinajstić information content (AvgIpc) is 3.03. The molecule has 9 heteroatoms. The molecule has 2 aromatic rings. The van der Waals surface area contributed by atoms with Crippen molar-refractivity contribution >= 4 is 35.3 Å². The van der Waals surface area contributed by atoms with Gasteiger partial charge in [-0.1, -0.05) is 24.3 Å². The highest BCUT2D eigenvalue weighted by Gasteiger charge is 2.20. The molecule has 3 rings (SSSR count). The van der Waals surface area contributed by atoms with Crippen molar-refractivity contribution in [1.29, 1.82) is 0 Å². The normalized spacial score (nSPS) is 12.8. The number of nitrogens with one attached hydrogen (secondary N) is 1. The van der Waals surface area contributed by atoms with E-state index >= 15 is 0 Å². The second kappa shape index (κ2) is 14.8. The van der Waals surface area contributed by atoms with Crippen molar-refractivity contribution in [3.05, 3.63) is 66.2 Å². The van der Waals surface area contributed by atoms with Crippen molar-refractivity contribution in [2.24, 2.45) is 0 Å². The maximum atomic E-state index is 12.7. The van der Waals surface area contributed by atoms with Crippen LogP contribution >= 0.6 is 11.8 Å². The lowest BCUT2D eigenvalue weighted by molar-refractivity contribution is -0.134. The minimum Gasteiger partial charge on any atom is -0.492 e. The summed E-state index contributed by atoms with van der Waals surface area (Å²) in [7, 11) is 0. The maximum Gasteiger partial charge on any atom is 0.328 e. The molecule has 1 aliphatic heterocycles. The van der Waals surface area contributed by atoms with Gasteiger partial charge in [0.1, 0.15) is 12.4 Å². The summed E-state index contributed by atoms with van der Waals surface area (Å²) in [5.41, 5.74) is 2.25. The molecule has 1 amide bonds. The molecular formula is C25H30N2O6S. The van der Waals surface area contributed by atoms with Gasteiger partial charge in [0, 0.05) is 43.1 Å². The molecule has 8 nitrogen and oxygen atoms in total. The van der Waals surface area contributed by atoms with Crippen LogP contribution in [0.15, 0.2) is 65.6 Å². The Morgan fingerprint density at radius 3 is 2.50 bits per heavy atom. The highest BCUT2D eigenvalue weighted by molar-refractivity contribution is 7.99. The monoisotopic (exact) mass is 486 g/mol. The Morgan fingerprint density at radius 2 is 1.79 bits per heavy atom. The number of ether oxygens (including phenoxy) is 1. The number of nitrogens with zero attached hydrogens (tertiary/aromatic N) is 1. The number of aliphatic carboxylic acids is 2. The lowest BCUT2D eigenvalue weighted by Crippen LogP contribution is -2.34. The molecule has 0 bridgehead atoms. The van der Waals surface area contributed by atoms with E-state index in [2.05, 4.69) is 30.4 Å². The van der Waals surface area contributed by atoms with E-state index in [4.69, 9.17) is 14.9 Å². The van der Waals surface area contributed by atoms with Gasteiger partial charge in [-0.25, -0.2) is 9.59 Å². The van der Waals surface area contributed by atoms with Gasteiger partial charge in [0.25, 0.3) is 0 Å². The van der Waals surface area contributed by atoms with E-state index in [1.807, 2.05) is 47.0 Å². The zero-order chi connectivity index (χ0) is 24.8. The number of fused-ring (bicyclic) bond motifs is 1. The molecule has 34 heavy (non-hydrogen) atoms. The fraction of sp³-hybridized carbons (Fsp3) is 0.320. The summed E-state index contributed by atoms with van der Waals surface area (Å²) in [4.78, 5) is 34.9. The summed E-state index contributed by atoms with van der Waals surface area (Å²) in [6.07, 6.45) is 2.65. The Morgan fingerprint density at radius 1 is 1.06 bits per heavy atom. The number of amides is 1. The number of hydrogen-bond acceptors (Lipinski definition) is 6. The Kier molecular flexibility index (Phi) is 11.7. The lowest BCUT2D eigenvalue weighted by atomic mass is 10.2. The van der Waals surface area contributed by atoms with Crippen LogP contribution in [0.2, 0.25) is 0 Å². The van der Waals surface area contributed by atoms with Gasteiger partial charge in [-0.15, -0.1) is 11.8 Å². The zero-order valence-electron chi connectivity index (χ0n) is 19.1. The number of hydrogen-bond donors (Lipinski definition) is 3. The average molecular weight is 487 g/mol. The molecule has 182 valence electrons. The number of para-hydroxylation sites is 1. The van der Waals surface area contributed by atoms with E-state index in [1.165, 1.54) is 10.5 Å². The number of carboxylic acids is 2. The molecular weight excluding hydrogens is 456 g/mol. The molecule has 3 N–H and O–H groups in total. The zero-order valence-corrected chi connectivity index (χ0v) is 19.9. The third-order valence-electron chi connectivity index (χ3n) is 4.66. The minimum atomic E-state index is -1.26. The molecule has 0 unspecified atom stereocenters. The third kappa shape index (κ3) is 10.1. The van der Waals surface area contributed by atoms with E-state index in [9.17, 15) is 14.4 Å². The summed E-state index contributed by atoms with van der Waals surface area (Å²) in [6, 6.07) is 16.2. The van der Waals surface area contributed by atoms with E-state index in [-0.39, 0.29) is 5.91 Å². The van der Waals surface area contributed by atoms with E-state index in [0.717, 1.165) is 36.7 Å². The Bertz CT molecular complexity index is 979. The van der Waals surface area contributed by atoms with E-state index in [0.29, 0.717) is 31.7 Å². The number of aryl methyl sites for hydroxylation is 1. The molecule has 2 aromatic carbocycles. The van der Waals surface area contributed by atoms with Gasteiger partial charge in [0.2, 0.25) is 5.91 Å². The molecule has 0 aromatic heterocycles. The number of benzene rings is 2. The van der Waals surface area contributed by atoms with E-state index < -0.39 is 11.9 Å². The maximum absolute atomic E-state index is 12.7.